The van der Waals surface area contributed by atoms with Crippen LogP contribution >= 0.6 is 11.6 Å². The van der Waals surface area contributed by atoms with Gasteiger partial charge in [0.15, 0.2) is 5.78 Å². The number of fused-ring (bicyclic) bond motifs is 1. The fourth-order valence-corrected chi connectivity index (χ4v) is 4.83. The number of nitrogens with zero attached hydrogens (tertiary/aromatic N) is 5. The van der Waals surface area contributed by atoms with Crippen LogP contribution in [0.1, 0.15) is 23.6 Å². The second-order valence-corrected chi connectivity index (χ2v) is 8.87. The number of Topliss-reactive ketones (excluding diaryl/α,β-unsaturated/α-hetero) is 1. The monoisotopic (exact) mass is 444 g/mol. The highest BCUT2D eigenvalue weighted by Crippen LogP contribution is 2.31. The number of halogens is 2. The number of aromatic nitrogens is 2. The highest BCUT2D eigenvalue weighted by atomic mass is 35.5. The van der Waals surface area contributed by atoms with E-state index in [-0.39, 0.29) is 22.7 Å². The molecule has 3 aliphatic rings. The van der Waals surface area contributed by atoms with Gasteiger partial charge in [0.25, 0.3) is 0 Å². The number of carbonyl (C=O) groups is 1. The molecule has 164 valence electrons. The normalized spacial score (nSPS) is 20.7. The lowest BCUT2D eigenvalue weighted by Crippen LogP contribution is -2.51. The van der Waals surface area contributed by atoms with Crippen LogP contribution in [0, 0.1) is 5.82 Å². The molecule has 2 fully saturated rings. The fraction of sp³-hybridized carbons (Fsp3) is 0.500. The molecule has 0 spiro atoms. The van der Waals surface area contributed by atoms with E-state index in [0.29, 0.717) is 13.0 Å². The first-order valence-electron chi connectivity index (χ1n) is 10.8. The molecule has 0 saturated carbocycles. The van der Waals surface area contributed by atoms with Crippen LogP contribution in [-0.2, 0) is 11.2 Å². The van der Waals surface area contributed by atoms with Gasteiger partial charge in [-0.15, -0.1) is 0 Å². The van der Waals surface area contributed by atoms with Gasteiger partial charge in [-0.2, -0.15) is 0 Å². The highest BCUT2D eigenvalue weighted by Gasteiger charge is 2.31. The number of benzene rings is 1. The Morgan fingerprint density at radius 3 is 2.65 bits per heavy atom. The van der Waals surface area contributed by atoms with E-state index in [1.165, 1.54) is 12.5 Å². The molecular weight excluding hydrogens is 419 g/mol. The molecule has 0 radical (unpaired) electrons. The zero-order valence-corrected chi connectivity index (χ0v) is 18.1. The minimum Gasteiger partial charge on any atom is -0.363 e. The molecule has 2 aromatic rings. The van der Waals surface area contributed by atoms with Crippen molar-refractivity contribution in [1.82, 2.24) is 19.8 Å². The third kappa shape index (κ3) is 4.24. The molecule has 1 atom stereocenters. The molecule has 1 aromatic heterocycles. The highest BCUT2D eigenvalue weighted by molar-refractivity contribution is 6.30. The number of piperazine rings is 1. The summed E-state index contributed by atoms with van der Waals surface area (Å²) in [6, 6.07) is 5.26. The van der Waals surface area contributed by atoms with E-state index in [9.17, 15) is 9.18 Å². The topological polar surface area (TPSA) is 64.6 Å². The average Bonchev–Trinajstić information content (AvgIpc) is 2.75. The van der Waals surface area contributed by atoms with Crippen molar-refractivity contribution in [2.75, 3.05) is 62.6 Å². The van der Waals surface area contributed by atoms with E-state index < -0.39 is 0 Å². The maximum atomic E-state index is 13.7. The van der Waals surface area contributed by atoms with E-state index in [1.54, 1.807) is 12.4 Å². The standard InChI is InChI=1S/C22H26ClFN6O/c23-18-10-15(2-3-19(18)24)20(13-28-4-1-5-28)29-6-8-30(9-7-29)22-17-11-16(31)12-25-21(17)26-14-27-22/h2-3,10,14,20H,1,4-9,11-13H2,(H,25,26,27). The van der Waals surface area contributed by atoms with Crippen LogP contribution in [0.5, 0.6) is 0 Å². The summed E-state index contributed by atoms with van der Waals surface area (Å²) in [4.78, 5) is 27.9. The van der Waals surface area contributed by atoms with Crippen LogP contribution in [0.15, 0.2) is 24.5 Å². The van der Waals surface area contributed by atoms with Crippen molar-refractivity contribution < 1.29 is 9.18 Å². The van der Waals surface area contributed by atoms with Gasteiger partial charge in [0, 0.05) is 50.7 Å². The predicted molar refractivity (Wildman–Crippen MR) is 118 cm³/mol. The van der Waals surface area contributed by atoms with Crippen LogP contribution in [0.4, 0.5) is 16.0 Å². The summed E-state index contributed by atoms with van der Waals surface area (Å²) in [5.74, 6) is 1.40. The summed E-state index contributed by atoms with van der Waals surface area (Å²) in [6.45, 7) is 6.80. The number of carbonyl (C=O) groups excluding carboxylic acids is 1. The summed E-state index contributed by atoms with van der Waals surface area (Å²) >= 11 is 6.10. The van der Waals surface area contributed by atoms with E-state index in [0.717, 1.165) is 68.6 Å². The van der Waals surface area contributed by atoms with Gasteiger partial charge in [0.2, 0.25) is 0 Å². The lowest BCUT2D eigenvalue weighted by molar-refractivity contribution is -0.117. The second-order valence-electron chi connectivity index (χ2n) is 8.46. The number of hydrogen-bond acceptors (Lipinski definition) is 7. The van der Waals surface area contributed by atoms with Gasteiger partial charge >= 0.3 is 0 Å². The van der Waals surface area contributed by atoms with E-state index >= 15 is 0 Å². The lowest BCUT2D eigenvalue weighted by atomic mass is 10.0. The van der Waals surface area contributed by atoms with Crippen LogP contribution in [-0.4, -0.2) is 77.9 Å². The molecule has 5 rings (SSSR count). The molecule has 7 nitrogen and oxygen atoms in total. The maximum absolute atomic E-state index is 13.7. The summed E-state index contributed by atoms with van der Waals surface area (Å²) in [5, 5.41) is 3.27. The second kappa shape index (κ2) is 8.68. The number of likely N-dealkylation sites (tertiary alicyclic amines) is 1. The first-order valence-corrected chi connectivity index (χ1v) is 11.2. The molecular formula is C22H26ClFN6O. The number of anilines is 2. The minimum atomic E-state index is -0.380. The molecule has 0 amide bonds. The lowest BCUT2D eigenvalue weighted by Gasteiger charge is -2.43. The van der Waals surface area contributed by atoms with Gasteiger partial charge in [-0.05, 0) is 37.2 Å². The Morgan fingerprint density at radius 2 is 1.94 bits per heavy atom. The zero-order valence-electron chi connectivity index (χ0n) is 17.4. The van der Waals surface area contributed by atoms with Crippen LogP contribution in [0.3, 0.4) is 0 Å². The largest absolute Gasteiger partial charge is 0.363 e. The van der Waals surface area contributed by atoms with Crippen LogP contribution in [0.25, 0.3) is 0 Å². The molecule has 3 aliphatic heterocycles. The van der Waals surface area contributed by atoms with Crippen LogP contribution < -0.4 is 10.2 Å². The van der Waals surface area contributed by atoms with E-state index in [1.807, 2.05) is 6.07 Å². The third-order valence-corrected chi connectivity index (χ3v) is 6.80. The smallest absolute Gasteiger partial charge is 0.156 e. The predicted octanol–water partition coefficient (Wildman–Crippen LogP) is 2.38. The van der Waals surface area contributed by atoms with Crippen molar-refractivity contribution in [1.29, 1.82) is 0 Å². The van der Waals surface area contributed by atoms with Gasteiger partial charge in [0.1, 0.15) is 23.8 Å². The zero-order chi connectivity index (χ0) is 21.4. The molecule has 31 heavy (non-hydrogen) atoms. The number of hydrogen-bond donors (Lipinski definition) is 1. The Morgan fingerprint density at radius 1 is 1.13 bits per heavy atom. The quantitative estimate of drug-likeness (QED) is 0.759. The Labute approximate surface area is 186 Å². The Balaban J connectivity index is 1.33. The van der Waals surface area contributed by atoms with Crippen molar-refractivity contribution in [3.8, 4) is 0 Å². The summed E-state index contributed by atoms with van der Waals surface area (Å²) in [6.07, 6.45) is 3.18. The van der Waals surface area contributed by atoms with Gasteiger partial charge in [-0.1, -0.05) is 17.7 Å². The molecule has 4 heterocycles. The molecule has 1 N–H and O–H groups in total. The first-order chi connectivity index (χ1) is 15.1. The first kappa shape index (κ1) is 20.6. The average molecular weight is 445 g/mol. The number of ketones is 1. The molecule has 0 aliphatic carbocycles. The Kier molecular flexibility index (Phi) is 5.77. The van der Waals surface area contributed by atoms with Crippen molar-refractivity contribution in [2.24, 2.45) is 0 Å². The summed E-state index contributed by atoms with van der Waals surface area (Å²) < 4.78 is 13.7. The van der Waals surface area contributed by atoms with E-state index in [2.05, 4.69) is 30.0 Å². The summed E-state index contributed by atoms with van der Waals surface area (Å²) in [5.41, 5.74) is 1.95. The van der Waals surface area contributed by atoms with Gasteiger partial charge in [-0.3, -0.25) is 9.69 Å². The molecule has 1 unspecified atom stereocenters. The van der Waals surface area contributed by atoms with Crippen molar-refractivity contribution >= 4 is 29.0 Å². The van der Waals surface area contributed by atoms with Crippen molar-refractivity contribution in [3.63, 3.8) is 0 Å². The van der Waals surface area contributed by atoms with Gasteiger partial charge < -0.3 is 15.1 Å². The minimum absolute atomic E-state index is 0.157. The fourth-order valence-electron chi connectivity index (χ4n) is 4.64. The molecule has 2 saturated heterocycles. The maximum Gasteiger partial charge on any atom is 0.156 e. The van der Waals surface area contributed by atoms with Crippen LogP contribution in [0.2, 0.25) is 5.02 Å². The molecule has 1 aromatic carbocycles. The SMILES string of the molecule is O=C1CNc2ncnc(N3CCN(C(CN4CCC4)c4ccc(F)c(Cl)c4)CC3)c2C1. The molecule has 0 bridgehead atoms. The molecule has 9 heteroatoms. The third-order valence-electron chi connectivity index (χ3n) is 6.51. The Hall–Kier alpha value is -2.29. The van der Waals surface area contributed by atoms with E-state index in [4.69, 9.17) is 11.6 Å². The summed E-state index contributed by atoms with van der Waals surface area (Å²) in [7, 11) is 0. The Bertz CT molecular complexity index is 976. The number of rotatable bonds is 5. The van der Waals surface area contributed by atoms with Gasteiger partial charge in [0.05, 0.1) is 11.6 Å². The van der Waals surface area contributed by atoms with Gasteiger partial charge in [-0.25, -0.2) is 14.4 Å². The van der Waals surface area contributed by atoms with Crippen molar-refractivity contribution in [3.05, 3.63) is 46.5 Å². The van der Waals surface area contributed by atoms with Crippen molar-refractivity contribution in [2.45, 2.75) is 18.9 Å². The number of nitrogens with one attached hydrogen (secondary N) is 1.